The van der Waals surface area contributed by atoms with Gasteiger partial charge in [0.2, 0.25) is 0 Å². The Balaban J connectivity index is 1.14. The van der Waals surface area contributed by atoms with Gasteiger partial charge in [0, 0.05) is 5.57 Å². The van der Waals surface area contributed by atoms with Crippen molar-refractivity contribution in [1.29, 1.82) is 0 Å². The van der Waals surface area contributed by atoms with Gasteiger partial charge in [-0.3, -0.25) is 0 Å². The predicted octanol–water partition coefficient (Wildman–Crippen LogP) is 6.83. The van der Waals surface area contributed by atoms with Crippen LogP contribution in [0.25, 0.3) is 0 Å². The maximum absolute atomic E-state index is 11.7. The fourth-order valence-corrected chi connectivity index (χ4v) is 7.27. The summed E-state index contributed by atoms with van der Waals surface area (Å²) in [6.45, 7) is 4.03. The van der Waals surface area contributed by atoms with Crippen LogP contribution in [0.3, 0.4) is 0 Å². The van der Waals surface area contributed by atoms with Crippen molar-refractivity contribution >= 4 is 5.97 Å². The summed E-state index contributed by atoms with van der Waals surface area (Å²) in [4.78, 5) is 11.7. The van der Waals surface area contributed by atoms with Gasteiger partial charge < -0.3 is 34.6 Å². The first-order valence-corrected chi connectivity index (χ1v) is 18.7. The number of hydrogen-bond donors (Lipinski definition) is 4. The van der Waals surface area contributed by atoms with Crippen molar-refractivity contribution in [2.24, 2.45) is 0 Å². The quantitative estimate of drug-likeness (QED) is 0.0634. The van der Waals surface area contributed by atoms with Crippen LogP contribution in [-0.2, 0) is 19.0 Å². The molecule has 0 saturated carbocycles. The predicted molar refractivity (Wildman–Crippen MR) is 177 cm³/mol. The number of unbranched alkanes of at least 4 members (excludes halogenated alkanes) is 9. The average Bonchev–Trinajstić information content (AvgIpc) is 3.77. The molecule has 8 nitrogen and oxygen atoms in total. The number of ether oxygens (including phenoxy) is 3. The summed E-state index contributed by atoms with van der Waals surface area (Å²) >= 11 is 0. The Morgan fingerprint density at radius 2 is 1.09 bits per heavy atom. The Morgan fingerprint density at radius 3 is 1.60 bits per heavy atom. The molecule has 0 aromatic rings. The van der Waals surface area contributed by atoms with E-state index in [-0.39, 0.29) is 48.7 Å². The number of aliphatic hydroxyl groups excluding tert-OH is 4. The van der Waals surface area contributed by atoms with E-state index in [4.69, 9.17) is 14.2 Å². The fourth-order valence-electron chi connectivity index (χ4n) is 7.27. The van der Waals surface area contributed by atoms with E-state index in [0.29, 0.717) is 24.8 Å². The van der Waals surface area contributed by atoms with Crippen LogP contribution in [0.1, 0.15) is 162 Å². The molecule has 8 heteroatoms. The lowest BCUT2D eigenvalue weighted by molar-refractivity contribution is -0.139. The molecule has 0 bridgehead atoms. The smallest absolute Gasteiger partial charge is 0.334 e. The summed E-state index contributed by atoms with van der Waals surface area (Å²) < 4.78 is 17.6. The van der Waals surface area contributed by atoms with Gasteiger partial charge in [-0.15, -0.1) is 0 Å². The molecule has 2 saturated heterocycles. The molecule has 0 aliphatic carbocycles. The van der Waals surface area contributed by atoms with E-state index in [1.165, 1.54) is 19.3 Å². The largest absolute Gasteiger partial charge is 0.455 e. The molecule has 2 fully saturated rings. The monoisotopic (exact) mass is 638 g/mol. The highest BCUT2D eigenvalue weighted by Gasteiger charge is 2.40. The Hall–Kier alpha value is -1.03. The molecule has 3 heterocycles. The third-order valence-corrected chi connectivity index (χ3v) is 10.1. The van der Waals surface area contributed by atoms with Crippen molar-refractivity contribution in [3.8, 4) is 0 Å². The molecule has 0 radical (unpaired) electrons. The molecule has 0 spiro atoms. The summed E-state index contributed by atoms with van der Waals surface area (Å²) in [5.41, 5.74) is 0.700. The molecule has 3 unspecified atom stereocenters. The van der Waals surface area contributed by atoms with Gasteiger partial charge >= 0.3 is 5.97 Å². The van der Waals surface area contributed by atoms with Crippen LogP contribution in [0.5, 0.6) is 0 Å². The van der Waals surface area contributed by atoms with Crippen molar-refractivity contribution in [3.05, 3.63) is 11.6 Å². The van der Waals surface area contributed by atoms with E-state index < -0.39 is 12.2 Å². The molecular weight excluding hydrogens is 572 g/mol. The van der Waals surface area contributed by atoms with Gasteiger partial charge in [0.15, 0.2) is 0 Å². The zero-order valence-electron chi connectivity index (χ0n) is 28.5. The number of aliphatic hydroxyl groups is 4. The summed E-state index contributed by atoms with van der Waals surface area (Å²) in [6, 6.07) is 0. The highest BCUT2D eigenvalue weighted by Crippen LogP contribution is 2.34. The molecule has 3 aliphatic heterocycles. The van der Waals surface area contributed by atoms with Gasteiger partial charge in [0.1, 0.15) is 6.10 Å². The Labute approximate surface area is 273 Å². The second-order valence-electron chi connectivity index (χ2n) is 14.2. The number of carbonyl (C=O) groups excluding carboxylic acids is 1. The second kappa shape index (κ2) is 21.8. The molecule has 4 N–H and O–H groups in total. The summed E-state index contributed by atoms with van der Waals surface area (Å²) in [5, 5.41) is 41.8. The summed E-state index contributed by atoms with van der Waals surface area (Å²) in [5.74, 6) is -0.237. The molecule has 45 heavy (non-hydrogen) atoms. The van der Waals surface area contributed by atoms with E-state index >= 15 is 0 Å². The zero-order chi connectivity index (χ0) is 32.4. The first-order chi connectivity index (χ1) is 21.8. The van der Waals surface area contributed by atoms with Gasteiger partial charge in [0.05, 0.1) is 48.8 Å². The maximum Gasteiger partial charge on any atom is 0.334 e. The topological polar surface area (TPSA) is 126 Å². The molecule has 0 aromatic heterocycles. The maximum atomic E-state index is 11.7. The zero-order valence-corrected chi connectivity index (χ0v) is 28.5. The number of carbonyl (C=O) groups is 1. The standard InChI is InChI=1S/C37H66O8/c1-3-4-10-15-29(38)17-13-14-19-32(41)34-23-25-36(45-34)35-24-22-33(44-35)31(40)18-12-9-7-5-6-8-11-16-30(39)21-20-28-26-27(2)43-37(28)42/h26-27,29-36,38-41H,3-25H2,1-2H3/t27?,29?,30?,31-,32+,33-,34-,35-,36-/m1/s1. The number of cyclic esters (lactones) is 1. The van der Waals surface area contributed by atoms with Crippen molar-refractivity contribution in [2.75, 3.05) is 0 Å². The Bertz CT molecular complexity index is 833. The van der Waals surface area contributed by atoms with Crippen LogP contribution < -0.4 is 0 Å². The third kappa shape index (κ3) is 14.7. The molecular formula is C37H66O8. The normalized spacial score (nSPS) is 27.8. The minimum Gasteiger partial charge on any atom is -0.455 e. The lowest BCUT2D eigenvalue weighted by Gasteiger charge is -2.24. The van der Waals surface area contributed by atoms with Gasteiger partial charge in [-0.25, -0.2) is 4.79 Å². The first-order valence-electron chi connectivity index (χ1n) is 18.7. The fraction of sp³-hybridized carbons (Fsp3) is 0.919. The summed E-state index contributed by atoms with van der Waals surface area (Å²) in [7, 11) is 0. The highest BCUT2D eigenvalue weighted by atomic mass is 16.6. The molecule has 3 rings (SSSR count). The van der Waals surface area contributed by atoms with E-state index in [1.807, 2.05) is 13.0 Å². The lowest BCUT2D eigenvalue weighted by atomic mass is 9.99. The number of rotatable bonds is 25. The minimum atomic E-state index is -0.459. The molecule has 3 aliphatic rings. The lowest BCUT2D eigenvalue weighted by Crippen LogP contribution is -2.33. The van der Waals surface area contributed by atoms with Crippen LogP contribution in [0.2, 0.25) is 0 Å². The van der Waals surface area contributed by atoms with Crippen LogP contribution in [0, 0.1) is 0 Å². The van der Waals surface area contributed by atoms with Crippen LogP contribution in [0.15, 0.2) is 11.6 Å². The van der Waals surface area contributed by atoms with Gasteiger partial charge in [-0.2, -0.15) is 0 Å². The second-order valence-corrected chi connectivity index (χ2v) is 14.2. The van der Waals surface area contributed by atoms with Gasteiger partial charge in [0.25, 0.3) is 0 Å². The minimum absolute atomic E-state index is 0.00987. The van der Waals surface area contributed by atoms with E-state index in [9.17, 15) is 25.2 Å². The van der Waals surface area contributed by atoms with Crippen LogP contribution in [-0.4, -0.2) is 81.3 Å². The van der Waals surface area contributed by atoms with Crippen molar-refractivity contribution < 1.29 is 39.4 Å². The Morgan fingerprint density at radius 1 is 0.644 bits per heavy atom. The number of hydrogen-bond acceptors (Lipinski definition) is 8. The van der Waals surface area contributed by atoms with Gasteiger partial charge in [-0.1, -0.05) is 84.0 Å². The van der Waals surface area contributed by atoms with Crippen molar-refractivity contribution in [3.63, 3.8) is 0 Å². The first kappa shape index (κ1) is 38.4. The number of esters is 1. The van der Waals surface area contributed by atoms with Gasteiger partial charge in [-0.05, 0) is 83.6 Å². The molecule has 0 aromatic carbocycles. The SMILES string of the molecule is CCCCCC(O)CCCC[C@H](O)[C@H]1CC[C@H]([C@H]2CC[C@H]([C@H](O)CCCCCCCCCC(O)CCC3=CC(C)OC3=O)O2)O1. The van der Waals surface area contributed by atoms with E-state index in [0.717, 1.165) is 109 Å². The highest BCUT2D eigenvalue weighted by molar-refractivity contribution is 5.90. The van der Waals surface area contributed by atoms with Crippen molar-refractivity contribution in [1.82, 2.24) is 0 Å². The summed E-state index contributed by atoms with van der Waals surface area (Å²) in [6.07, 6.45) is 21.8. The van der Waals surface area contributed by atoms with E-state index in [2.05, 4.69) is 6.92 Å². The molecule has 262 valence electrons. The average molecular weight is 639 g/mol. The van der Waals surface area contributed by atoms with Crippen LogP contribution in [0.4, 0.5) is 0 Å². The van der Waals surface area contributed by atoms with Crippen molar-refractivity contribution in [2.45, 2.75) is 216 Å². The third-order valence-electron chi connectivity index (χ3n) is 10.1. The molecule has 0 amide bonds. The Kier molecular flexibility index (Phi) is 18.6. The molecule has 9 atom stereocenters. The van der Waals surface area contributed by atoms with Crippen LogP contribution >= 0.6 is 0 Å². The van der Waals surface area contributed by atoms with E-state index in [1.54, 1.807) is 0 Å².